The van der Waals surface area contributed by atoms with Crippen molar-refractivity contribution in [2.24, 2.45) is 0 Å². The van der Waals surface area contributed by atoms with Crippen LogP contribution in [0.3, 0.4) is 0 Å². The van der Waals surface area contributed by atoms with Gasteiger partial charge in [-0.25, -0.2) is 0 Å². The van der Waals surface area contributed by atoms with Crippen molar-refractivity contribution in [1.29, 1.82) is 0 Å². The van der Waals surface area contributed by atoms with Crippen molar-refractivity contribution in [3.8, 4) is 18.1 Å². The third kappa shape index (κ3) is 3.37. The monoisotopic (exact) mass is 355 g/mol. The largest absolute Gasteiger partial charge is 0.483 e. The Morgan fingerprint density at radius 1 is 1.38 bits per heavy atom. The normalized spacial score (nSPS) is 18.8. The SMILES string of the molecule is C#CCNC(=O)COc1cccc2c1CN(C1CCC(=O)NC1=O)C2=O. The van der Waals surface area contributed by atoms with Crippen molar-refractivity contribution in [1.82, 2.24) is 15.5 Å². The van der Waals surface area contributed by atoms with Crippen LogP contribution in [0.25, 0.3) is 0 Å². The molecule has 0 aliphatic carbocycles. The number of amides is 4. The van der Waals surface area contributed by atoms with Gasteiger partial charge < -0.3 is 15.0 Å². The van der Waals surface area contributed by atoms with E-state index in [1.807, 2.05) is 0 Å². The molecule has 1 atom stereocenters. The Labute approximate surface area is 149 Å². The van der Waals surface area contributed by atoms with E-state index in [4.69, 9.17) is 11.2 Å². The van der Waals surface area contributed by atoms with E-state index in [0.29, 0.717) is 16.9 Å². The maximum atomic E-state index is 12.7. The Morgan fingerprint density at radius 2 is 2.19 bits per heavy atom. The topological polar surface area (TPSA) is 105 Å². The molecule has 1 aromatic carbocycles. The number of ether oxygens (including phenoxy) is 1. The third-order valence-corrected chi connectivity index (χ3v) is 4.29. The molecule has 0 bridgehead atoms. The highest BCUT2D eigenvalue weighted by atomic mass is 16.5. The molecule has 2 heterocycles. The van der Waals surface area contributed by atoms with Gasteiger partial charge in [0, 0.05) is 17.5 Å². The predicted octanol–water partition coefficient (Wildman–Crippen LogP) is -0.424. The Morgan fingerprint density at radius 3 is 2.92 bits per heavy atom. The fraction of sp³-hybridized carbons (Fsp3) is 0.333. The predicted molar refractivity (Wildman–Crippen MR) is 89.8 cm³/mol. The van der Waals surface area contributed by atoms with E-state index in [2.05, 4.69) is 16.6 Å². The van der Waals surface area contributed by atoms with E-state index in [1.54, 1.807) is 18.2 Å². The molecule has 1 unspecified atom stereocenters. The van der Waals surface area contributed by atoms with Crippen LogP contribution < -0.4 is 15.4 Å². The minimum atomic E-state index is -0.695. The summed E-state index contributed by atoms with van der Waals surface area (Å²) in [6, 6.07) is 4.27. The lowest BCUT2D eigenvalue weighted by Gasteiger charge is -2.29. The van der Waals surface area contributed by atoms with Gasteiger partial charge in [0.2, 0.25) is 11.8 Å². The number of fused-ring (bicyclic) bond motifs is 1. The first kappa shape index (κ1) is 17.5. The second-order valence-corrected chi connectivity index (χ2v) is 5.95. The Bertz CT molecular complexity index is 827. The maximum absolute atomic E-state index is 12.7. The van der Waals surface area contributed by atoms with Gasteiger partial charge in [-0.1, -0.05) is 12.0 Å². The van der Waals surface area contributed by atoms with Crippen molar-refractivity contribution < 1.29 is 23.9 Å². The van der Waals surface area contributed by atoms with Crippen LogP contribution in [0, 0.1) is 12.3 Å². The molecule has 0 saturated carbocycles. The number of piperidine rings is 1. The highest BCUT2D eigenvalue weighted by molar-refractivity contribution is 6.05. The van der Waals surface area contributed by atoms with Crippen LogP contribution in [0.15, 0.2) is 18.2 Å². The third-order valence-electron chi connectivity index (χ3n) is 4.29. The smallest absolute Gasteiger partial charge is 0.258 e. The average molecular weight is 355 g/mol. The number of benzene rings is 1. The molecule has 26 heavy (non-hydrogen) atoms. The molecular weight excluding hydrogens is 338 g/mol. The number of hydrogen-bond donors (Lipinski definition) is 2. The molecule has 8 nitrogen and oxygen atoms in total. The summed E-state index contributed by atoms with van der Waals surface area (Å²) in [5.74, 6) is 1.22. The summed E-state index contributed by atoms with van der Waals surface area (Å²) in [5.41, 5.74) is 1.04. The van der Waals surface area contributed by atoms with Gasteiger partial charge in [0.15, 0.2) is 6.61 Å². The van der Waals surface area contributed by atoms with Gasteiger partial charge in [-0.2, -0.15) is 0 Å². The highest BCUT2D eigenvalue weighted by Crippen LogP contribution is 2.33. The van der Waals surface area contributed by atoms with Gasteiger partial charge in [0.05, 0.1) is 13.1 Å². The molecule has 2 aliphatic rings. The fourth-order valence-electron chi connectivity index (χ4n) is 3.04. The lowest BCUT2D eigenvalue weighted by molar-refractivity contribution is -0.137. The number of carbonyl (C=O) groups is 4. The molecule has 1 aromatic rings. The number of terminal acetylenes is 1. The van der Waals surface area contributed by atoms with E-state index in [-0.39, 0.29) is 50.3 Å². The van der Waals surface area contributed by atoms with Crippen molar-refractivity contribution >= 4 is 23.6 Å². The number of nitrogens with one attached hydrogen (secondary N) is 2. The molecule has 0 spiro atoms. The Kier molecular flexibility index (Phi) is 4.89. The maximum Gasteiger partial charge on any atom is 0.258 e. The van der Waals surface area contributed by atoms with E-state index < -0.39 is 11.9 Å². The molecule has 1 fully saturated rings. The summed E-state index contributed by atoms with van der Waals surface area (Å²) >= 11 is 0. The second kappa shape index (κ2) is 7.27. The molecule has 0 radical (unpaired) electrons. The van der Waals surface area contributed by atoms with Crippen molar-refractivity contribution in [2.75, 3.05) is 13.2 Å². The van der Waals surface area contributed by atoms with Crippen molar-refractivity contribution in [3.63, 3.8) is 0 Å². The van der Waals surface area contributed by atoms with Crippen LogP contribution in [-0.4, -0.2) is 47.7 Å². The zero-order valence-corrected chi connectivity index (χ0v) is 13.9. The second-order valence-electron chi connectivity index (χ2n) is 5.95. The standard InChI is InChI=1S/C18H17N3O5/c1-2-8-19-16(23)10-26-14-5-3-4-11-12(14)9-21(18(11)25)13-6-7-15(22)20-17(13)24/h1,3-5,13H,6-10H2,(H,19,23)(H,20,22,24). The van der Waals surface area contributed by atoms with E-state index in [0.717, 1.165) is 0 Å². The molecular formula is C18H17N3O5. The number of imide groups is 1. The minimum Gasteiger partial charge on any atom is -0.483 e. The number of carbonyl (C=O) groups excluding carboxylic acids is 4. The fourth-order valence-corrected chi connectivity index (χ4v) is 3.04. The molecule has 2 N–H and O–H groups in total. The molecule has 134 valence electrons. The van der Waals surface area contributed by atoms with Gasteiger partial charge in [-0.15, -0.1) is 6.42 Å². The van der Waals surface area contributed by atoms with Gasteiger partial charge in [0.25, 0.3) is 11.8 Å². The number of rotatable bonds is 5. The highest BCUT2D eigenvalue weighted by Gasteiger charge is 2.40. The average Bonchev–Trinajstić information content (AvgIpc) is 2.95. The van der Waals surface area contributed by atoms with Crippen molar-refractivity contribution in [3.05, 3.63) is 29.3 Å². The summed E-state index contributed by atoms with van der Waals surface area (Å²) in [4.78, 5) is 49.1. The number of nitrogens with zero attached hydrogens (tertiary/aromatic N) is 1. The summed E-state index contributed by atoms with van der Waals surface area (Å²) in [7, 11) is 0. The van der Waals surface area contributed by atoms with E-state index >= 15 is 0 Å². The van der Waals surface area contributed by atoms with Crippen LogP contribution in [-0.2, 0) is 20.9 Å². The molecule has 3 rings (SSSR count). The summed E-state index contributed by atoms with van der Waals surface area (Å²) in [6.07, 6.45) is 5.55. The molecule has 1 saturated heterocycles. The van der Waals surface area contributed by atoms with Crippen molar-refractivity contribution in [2.45, 2.75) is 25.4 Å². The molecule has 2 aliphatic heterocycles. The molecule has 0 aromatic heterocycles. The Hall–Kier alpha value is -3.34. The lowest BCUT2D eigenvalue weighted by atomic mass is 10.0. The van der Waals surface area contributed by atoms with Crippen LogP contribution in [0.1, 0.15) is 28.8 Å². The zero-order valence-electron chi connectivity index (χ0n) is 13.9. The lowest BCUT2D eigenvalue weighted by Crippen LogP contribution is -2.52. The van der Waals surface area contributed by atoms with Gasteiger partial charge in [-0.3, -0.25) is 24.5 Å². The first-order valence-corrected chi connectivity index (χ1v) is 8.10. The van der Waals surface area contributed by atoms with E-state index in [1.165, 1.54) is 4.90 Å². The first-order valence-electron chi connectivity index (χ1n) is 8.10. The van der Waals surface area contributed by atoms with Gasteiger partial charge in [0.1, 0.15) is 11.8 Å². The quantitative estimate of drug-likeness (QED) is 0.551. The van der Waals surface area contributed by atoms with Crippen LogP contribution in [0.4, 0.5) is 0 Å². The molecule has 8 heteroatoms. The number of hydrogen-bond acceptors (Lipinski definition) is 5. The minimum absolute atomic E-state index is 0.108. The summed E-state index contributed by atoms with van der Waals surface area (Å²) in [6.45, 7) is 0.0597. The van der Waals surface area contributed by atoms with Gasteiger partial charge in [-0.05, 0) is 18.6 Å². The Balaban J connectivity index is 1.73. The van der Waals surface area contributed by atoms with E-state index in [9.17, 15) is 19.2 Å². The van der Waals surface area contributed by atoms with Crippen LogP contribution in [0.5, 0.6) is 5.75 Å². The zero-order chi connectivity index (χ0) is 18.7. The van der Waals surface area contributed by atoms with Crippen LogP contribution in [0.2, 0.25) is 0 Å². The summed E-state index contributed by atoms with van der Waals surface area (Å²) < 4.78 is 5.52. The molecule has 4 amide bonds. The van der Waals surface area contributed by atoms with Gasteiger partial charge >= 0.3 is 0 Å². The summed E-state index contributed by atoms with van der Waals surface area (Å²) in [5, 5.41) is 4.74. The van der Waals surface area contributed by atoms with Crippen LogP contribution >= 0.6 is 0 Å². The first-order chi connectivity index (χ1) is 12.5.